The van der Waals surface area contributed by atoms with Crippen molar-refractivity contribution in [3.63, 3.8) is 0 Å². The molecule has 1 amide bonds. The van der Waals surface area contributed by atoms with Crippen LogP contribution < -0.4 is 14.9 Å². The maximum Gasteiger partial charge on any atom is 0.291 e. The van der Waals surface area contributed by atoms with Gasteiger partial charge in [0, 0.05) is 11.0 Å². The number of carbonyl (C=O) groups excluding carboxylic acids is 1. The molecule has 0 saturated heterocycles. The minimum Gasteiger partial charge on any atom is -0.493 e. The van der Waals surface area contributed by atoms with Crippen LogP contribution in [0.5, 0.6) is 11.5 Å². The molecule has 6 nitrogen and oxygen atoms in total. The SMILES string of the molecule is CCOc1ccc(C2c3c(oc4ccc(Br)cc4c3=O)C(=O)N2Cc2ccc(F)cc2)cc1OC. The van der Waals surface area contributed by atoms with Crippen LogP contribution in [-0.4, -0.2) is 24.5 Å². The summed E-state index contributed by atoms with van der Waals surface area (Å²) in [5, 5.41) is 0.373. The zero-order valence-electron chi connectivity index (χ0n) is 19.0. The average Bonchev–Trinajstić information content (AvgIpc) is 3.13. The van der Waals surface area contributed by atoms with Crippen LogP contribution in [0.3, 0.4) is 0 Å². The number of hydrogen-bond acceptors (Lipinski definition) is 5. The molecular weight excluding hydrogens is 517 g/mol. The van der Waals surface area contributed by atoms with E-state index in [-0.39, 0.29) is 29.1 Å². The molecule has 0 N–H and O–H groups in total. The standard InChI is InChI=1S/C27H21BrFNO5/c1-3-34-21-10-6-16(12-22(21)33-2)24-23-25(31)19-13-17(28)7-11-20(19)35-26(23)27(32)30(24)14-15-4-8-18(29)9-5-15/h4-13,24H,3,14H2,1-2H3. The van der Waals surface area contributed by atoms with Gasteiger partial charge in [-0.2, -0.15) is 0 Å². The first-order valence-electron chi connectivity index (χ1n) is 11.0. The van der Waals surface area contributed by atoms with Gasteiger partial charge in [-0.05, 0) is 60.5 Å². The van der Waals surface area contributed by atoms with Crippen molar-refractivity contribution < 1.29 is 23.1 Å². The van der Waals surface area contributed by atoms with E-state index in [1.165, 1.54) is 19.2 Å². The number of hydrogen-bond donors (Lipinski definition) is 0. The maximum atomic E-state index is 13.7. The van der Waals surface area contributed by atoms with Gasteiger partial charge in [0.25, 0.3) is 5.91 Å². The Balaban J connectivity index is 1.71. The third kappa shape index (κ3) is 4.08. The van der Waals surface area contributed by atoms with E-state index < -0.39 is 11.9 Å². The topological polar surface area (TPSA) is 69.0 Å². The van der Waals surface area contributed by atoms with E-state index in [1.807, 2.05) is 13.0 Å². The Bertz CT molecular complexity index is 1500. The predicted octanol–water partition coefficient (Wildman–Crippen LogP) is 5.85. The highest BCUT2D eigenvalue weighted by atomic mass is 79.9. The fourth-order valence-electron chi connectivity index (χ4n) is 4.42. The number of nitrogens with zero attached hydrogens (tertiary/aromatic N) is 1. The summed E-state index contributed by atoms with van der Waals surface area (Å²) in [5.74, 6) is 0.267. The summed E-state index contributed by atoms with van der Waals surface area (Å²) >= 11 is 3.40. The van der Waals surface area contributed by atoms with Crippen LogP contribution in [-0.2, 0) is 6.54 Å². The van der Waals surface area contributed by atoms with Gasteiger partial charge in [0.1, 0.15) is 11.4 Å². The molecule has 0 radical (unpaired) electrons. The molecule has 178 valence electrons. The first-order chi connectivity index (χ1) is 16.9. The molecule has 1 atom stereocenters. The lowest BCUT2D eigenvalue weighted by atomic mass is 9.97. The van der Waals surface area contributed by atoms with Crippen molar-refractivity contribution in [2.45, 2.75) is 19.5 Å². The third-order valence-corrected chi connectivity index (χ3v) is 6.49. The Labute approximate surface area is 209 Å². The van der Waals surface area contributed by atoms with Crippen molar-refractivity contribution in [2.75, 3.05) is 13.7 Å². The summed E-state index contributed by atoms with van der Waals surface area (Å²) in [7, 11) is 1.53. The van der Waals surface area contributed by atoms with Gasteiger partial charge in [-0.3, -0.25) is 9.59 Å². The molecule has 0 aliphatic carbocycles. The normalized spacial score (nSPS) is 14.9. The summed E-state index contributed by atoms with van der Waals surface area (Å²) in [6.45, 7) is 2.49. The molecule has 2 heterocycles. The molecule has 35 heavy (non-hydrogen) atoms. The molecule has 1 aromatic heterocycles. The summed E-state index contributed by atoms with van der Waals surface area (Å²) in [6.07, 6.45) is 0. The molecule has 1 aliphatic heterocycles. The van der Waals surface area contributed by atoms with Crippen LogP contribution in [0, 0.1) is 5.82 Å². The molecule has 0 fully saturated rings. The molecule has 1 unspecified atom stereocenters. The van der Waals surface area contributed by atoms with Crippen molar-refractivity contribution in [1.82, 2.24) is 4.90 Å². The second-order valence-corrected chi connectivity index (χ2v) is 9.04. The first-order valence-corrected chi connectivity index (χ1v) is 11.8. The molecule has 8 heteroatoms. The predicted molar refractivity (Wildman–Crippen MR) is 132 cm³/mol. The quantitative estimate of drug-likeness (QED) is 0.308. The van der Waals surface area contributed by atoms with E-state index in [9.17, 15) is 14.0 Å². The van der Waals surface area contributed by atoms with Crippen LogP contribution in [0.1, 0.15) is 40.2 Å². The van der Waals surface area contributed by atoms with Crippen molar-refractivity contribution in [3.8, 4) is 11.5 Å². The van der Waals surface area contributed by atoms with Crippen molar-refractivity contribution in [1.29, 1.82) is 0 Å². The molecule has 0 spiro atoms. The molecule has 5 rings (SSSR count). The number of benzene rings is 3. The van der Waals surface area contributed by atoms with Gasteiger partial charge in [-0.15, -0.1) is 0 Å². The van der Waals surface area contributed by atoms with Gasteiger partial charge < -0.3 is 18.8 Å². The first kappa shape index (κ1) is 23.1. The van der Waals surface area contributed by atoms with E-state index in [2.05, 4.69) is 15.9 Å². The van der Waals surface area contributed by atoms with Gasteiger partial charge in [0.15, 0.2) is 16.9 Å². The van der Waals surface area contributed by atoms with Crippen molar-refractivity contribution >= 4 is 32.8 Å². The highest BCUT2D eigenvalue weighted by molar-refractivity contribution is 9.10. The number of ether oxygens (including phenoxy) is 2. The van der Waals surface area contributed by atoms with Crippen molar-refractivity contribution in [3.05, 3.63) is 104 Å². The smallest absolute Gasteiger partial charge is 0.291 e. The summed E-state index contributed by atoms with van der Waals surface area (Å²) in [4.78, 5) is 28.9. The number of amides is 1. The van der Waals surface area contributed by atoms with Crippen LogP contribution in [0.2, 0.25) is 0 Å². The number of rotatable bonds is 6. The van der Waals surface area contributed by atoms with Crippen LogP contribution in [0.15, 0.2) is 74.3 Å². The zero-order chi connectivity index (χ0) is 24.7. The Hall–Kier alpha value is -3.65. The van der Waals surface area contributed by atoms with Gasteiger partial charge in [-0.25, -0.2) is 4.39 Å². The van der Waals surface area contributed by atoms with Gasteiger partial charge in [0.2, 0.25) is 5.76 Å². The monoisotopic (exact) mass is 537 g/mol. The van der Waals surface area contributed by atoms with E-state index >= 15 is 0 Å². The van der Waals surface area contributed by atoms with E-state index in [0.29, 0.717) is 34.6 Å². The third-order valence-electron chi connectivity index (χ3n) is 6.00. The lowest BCUT2D eigenvalue weighted by Crippen LogP contribution is -2.29. The lowest BCUT2D eigenvalue weighted by molar-refractivity contribution is 0.0714. The Morgan fingerprint density at radius 1 is 1.03 bits per heavy atom. The Morgan fingerprint density at radius 2 is 1.80 bits per heavy atom. The molecular formula is C27H21BrFNO5. The maximum absolute atomic E-state index is 13.7. The number of halogens is 2. The number of fused-ring (bicyclic) bond motifs is 2. The summed E-state index contributed by atoms with van der Waals surface area (Å²) in [6, 6.07) is 15.6. The Kier molecular flexibility index (Phi) is 6.06. The highest BCUT2D eigenvalue weighted by Gasteiger charge is 2.43. The summed E-state index contributed by atoms with van der Waals surface area (Å²) in [5.41, 5.74) is 1.69. The van der Waals surface area contributed by atoms with E-state index in [1.54, 1.807) is 47.4 Å². The largest absolute Gasteiger partial charge is 0.493 e. The van der Waals surface area contributed by atoms with E-state index in [4.69, 9.17) is 13.9 Å². The Morgan fingerprint density at radius 3 is 2.51 bits per heavy atom. The van der Waals surface area contributed by atoms with E-state index in [0.717, 1.165) is 10.0 Å². The van der Waals surface area contributed by atoms with Crippen LogP contribution >= 0.6 is 15.9 Å². The number of carbonyl (C=O) groups is 1. The fourth-order valence-corrected chi connectivity index (χ4v) is 4.78. The second-order valence-electron chi connectivity index (χ2n) is 8.12. The summed E-state index contributed by atoms with van der Waals surface area (Å²) < 4.78 is 31.4. The fraction of sp³-hybridized carbons (Fsp3) is 0.185. The molecule has 1 aliphatic rings. The molecule has 3 aromatic carbocycles. The molecule has 4 aromatic rings. The zero-order valence-corrected chi connectivity index (χ0v) is 20.6. The molecule has 0 bridgehead atoms. The van der Waals surface area contributed by atoms with Crippen molar-refractivity contribution in [2.24, 2.45) is 0 Å². The minimum absolute atomic E-state index is 0.00443. The molecule has 0 saturated carbocycles. The highest BCUT2D eigenvalue weighted by Crippen LogP contribution is 2.41. The number of methoxy groups -OCH3 is 1. The van der Waals surface area contributed by atoms with Crippen LogP contribution in [0.25, 0.3) is 11.0 Å². The lowest BCUT2D eigenvalue weighted by Gasteiger charge is -2.26. The van der Waals surface area contributed by atoms with Crippen LogP contribution in [0.4, 0.5) is 4.39 Å². The second kappa shape index (κ2) is 9.19. The van der Waals surface area contributed by atoms with Gasteiger partial charge >= 0.3 is 0 Å². The minimum atomic E-state index is -0.730. The van der Waals surface area contributed by atoms with Gasteiger partial charge in [0.05, 0.1) is 30.7 Å². The average molecular weight is 538 g/mol. The van der Waals surface area contributed by atoms with Gasteiger partial charge in [-0.1, -0.05) is 34.1 Å².